The lowest BCUT2D eigenvalue weighted by atomic mass is 9.97. The van der Waals surface area contributed by atoms with Crippen LogP contribution in [0.25, 0.3) is 27.7 Å². The van der Waals surface area contributed by atoms with Crippen molar-refractivity contribution in [3.05, 3.63) is 67.1 Å². The van der Waals surface area contributed by atoms with Gasteiger partial charge in [0.15, 0.2) is 5.65 Å². The standard InChI is InChI=1S/C27H27N7OS/c1-2-35-20-14-22(25-23-16-29-30-26(23)31-33(25)17-20)19-8-9-24(28-15-19)32-12-10-27(11-13-32)18-34(27)36-21-6-4-3-5-7-21/h3-9,14-17H,2,10-13,18H2,1H3,(H,30,31). The molecule has 1 unspecified atom stereocenters. The molecule has 1 spiro atoms. The first-order chi connectivity index (χ1) is 17.7. The normalized spacial score (nSPS) is 18.8. The first-order valence-electron chi connectivity index (χ1n) is 12.4. The Balaban J connectivity index is 1.10. The van der Waals surface area contributed by atoms with Crippen LogP contribution in [-0.2, 0) is 0 Å². The number of piperidine rings is 1. The van der Waals surface area contributed by atoms with E-state index in [9.17, 15) is 0 Å². The quantitative estimate of drug-likeness (QED) is 0.260. The summed E-state index contributed by atoms with van der Waals surface area (Å²) in [5.74, 6) is 1.82. The Hall–Kier alpha value is -3.56. The average molecular weight is 498 g/mol. The molecule has 8 nitrogen and oxygen atoms in total. The first kappa shape index (κ1) is 21.7. The van der Waals surface area contributed by atoms with Crippen molar-refractivity contribution in [2.75, 3.05) is 31.1 Å². The van der Waals surface area contributed by atoms with Crippen molar-refractivity contribution in [1.82, 2.24) is 29.1 Å². The summed E-state index contributed by atoms with van der Waals surface area (Å²) >= 11 is 1.89. The molecule has 2 saturated heterocycles. The number of ether oxygens (including phenoxy) is 1. The Labute approximate surface area is 213 Å². The molecule has 4 aromatic heterocycles. The zero-order chi connectivity index (χ0) is 24.1. The molecule has 0 aliphatic carbocycles. The van der Waals surface area contributed by atoms with Gasteiger partial charge in [0.1, 0.15) is 11.6 Å². The minimum Gasteiger partial charge on any atom is -0.492 e. The molecule has 36 heavy (non-hydrogen) atoms. The van der Waals surface area contributed by atoms with Crippen molar-refractivity contribution >= 4 is 34.3 Å². The van der Waals surface area contributed by atoms with Gasteiger partial charge in [-0.2, -0.15) is 5.10 Å². The van der Waals surface area contributed by atoms with Crippen LogP contribution in [0.2, 0.25) is 0 Å². The van der Waals surface area contributed by atoms with Crippen molar-refractivity contribution in [3.63, 3.8) is 0 Å². The minimum absolute atomic E-state index is 0.347. The average Bonchev–Trinajstić information content (AvgIpc) is 3.21. The molecule has 5 aromatic rings. The van der Waals surface area contributed by atoms with Crippen molar-refractivity contribution < 1.29 is 4.74 Å². The van der Waals surface area contributed by atoms with Crippen LogP contribution in [0, 0.1) is 0 Å². The monoisotopic (exact) mass is 497 g/mol. The van der Waals surface area contributed by atoms with Crippen LogP contribution in [0.4, 0.5) is 5.82 Å². The molecule has 1 aromatic carbocycles. The maximum Gasteiger partial charge on any atom is 0.178 e. The molecule has 7 rings (SSSR count). The third-order valence-electron chi connectivity index (χ3n) is 7.31. The van der Waals surface area contributed by atoms with Crippen LogP contribution in [0.3, 0.4) is 0 Å². The summed E-state index contributed by atoms with van der Waals surface area (Å²) in [6.07, 6.45) is 8.05. The fourth-order valence-corrected chi connectivity index (χ4v) is 6.48. The van der Waals surface area contributed by atoms with Gasteiger partial charge < -0.3 is 9.64 Å². The lowest BCUT2D eigenvalue weighted by molar-refractivity contribution is 0.338. The van der Waals surface area contributed by atoms with Gasteiger partial charge in [0.05, 0.1) is 29.9 Å². The number of aromatic amines is 1. The second-order valence-electron chi connectivity index (χ2n) is 9.51. The Morgan fingerprint density at radius 2 is 1.94 bits per heavy atom. The van der Waals surface area contributed by atoms with Gasteiger partial charge in [0, 0.05) is 47.4 Å². The van der Waals surface area contributed by atoms with Crippen molar-refractivity contribution in [2.24, 2.45) is 0 Å². The molecule has 182 valence electrons. The number of aromatic nitrogens is 5. The van der Waals surface area contributed by atoms with E-state index in [-0.39, 0.29) is 0 Å². The maximum atomic E-state index is 5.82. The number of pyridine rings is 2. The van der Waals surface area contributed by atoms with Gasteiger partial charge in [0.25, 0.3) is 0 Å². The second kappa shape index (κ2) is 8.53. The first-order valence-corrected chi connectivity index (χ1v) is 13.2. The molecule has 1 N–H and O–H groups in total. The summed E-state index contributed by atoms with van der Waals surface area (Å²) in [4.78, 5) is 8.62. The highest BCUT2D eigenvalue weighted by Crippen LogP contribution is 2.49. The van der Waals surface area contributed by atoms with E-state index in [1.165, 1.54) is 24.3 Å². The highest BCUT2D eigenvalue weighted by molar-refractivity contribution is 7.97. The van der Waals surface area contributed by atoms with E-state index in [4.69, 9.17) is 9.72 Å². The molecule has 0 amide bonds. The predicted molar refractivity (Wildman–Crippen MR) is 142 cm³/mol. The Morgan fingerprint density at radius 1 is 1.08 bits per heavy atom. The van der Waals surface area contributed by atoms with E-state index in [1.807, 2.05) is 42.0 Å². The number of benzene rings is 1. The number of H-pyrrole nitrogens is 1. The van der Waals surface area contributed by atoms with Crippen LogP contribution in [0.5, 0.6) is 5.75 Å². The highest BCUT2D eigenvalue weighted by atomic mass is 32.2. The molecular formula is C27H27N7OS. The number of rotatable bonds is 6. The number of nitrogens with one attached hydrogen (secondary N) is 1. The molecule has 2 aliphatic rings. The lowest BCUT2D eigenvalue weighted by Gasteiger charge is -2.33. The van der Waals surface area contributed by atoms with Crippen molar-refractivity contribution in [1.29, 1.82) is 0 Å². The minimum atomic E-state index is 0.347. The number of nitrogens with zero attached hydrogens (tertiary/aromatic N) is 6. The predicted octanol–water partition coefficient (Wildman–Crippen LogP) is 5.03. The SMILES string of the molecule is CCOc1cc(-c2ccc(N3CCC4(CC3)CN4Sc3ccccc3)nc2)c2c3cn[nH]c3nn2c1. The summed E-state index contributed by atoms with van der Waals surface area (Å²) in [6, 6.07) is 17.0. The molecule has 0 bridgehead atoms. The molecule has 9 heteroatoms. The van der Waals surface area contributed by atoms with Crippen LogP contribution < -0.4 is 9.64 Å². The van der Waals surface area contributed by atoms with Gasteiger partial charge in [-0.05, 0) is 62.0 Å². The molecule has 1 atom stereocenters. The third kappa shape index (κ3) is 3.70. The van der Waals surface area contributed by atoms with Crippen LogP contribution in [0.15, 0.2) is 72.0 Å². The molecule has 0 radical (unpaired) electrons. The van der Waals surface area contributed by atoms with E-state index in [1.54, 1.807) is 0 Å². The van der Waals surface area contributed by atoms with E-state index in [2.05, 4.69) is 73.0 Å². The van der Waals surface area contributed by atoms with Crippen LogP contribution in [-0.4, -0.2) is 60.9 Å². The maximum absolute atomic E-state index is 5.82. The Morgan fingerprint density at radius 3 is 2.72 bits per heavy atom. The summed E-state index contributed by atoms with van der Waals surface area (Å²) in [7, 11) is 0. The molecule has 0 saturated carbocycles. The molecule has 2 aliphatic heterocycles. The Bertz CT molecular complexity index is 1520. The van der Waals surface area contributed by atoms with Gasteiger partial charge in [0.2, 0.25) is 0 Å². The van der Waals surface area contributed by atoms with Crippen molar-refractivity contribution in [2.45, 2.75) is 30.2 Å². The summed E-state index contributed by atoms with van der Waals surface area (Å²) in [5, 5.41) is 12.8. The summed E-state index contributed by atoms with van der Waals surface area (Å²) < 4.78 is 10.2. The number of fused-ring (bicyclic) bond motifs is 3. The zero-order valence-corrected chi connectivity index (χ0v) is 20.9. The summed E-state index contributed by atoms with van der Waals surface area (Å²) in [5.41, 5.74) is 4.18. The van der Waals surface area contributed by atoms with Gasteiger partial charge in [-0.3, -0.25) is 5.10 Å². The number of hydrogen-bond acceptors (Lipinski definition) is 7. The van der Waals surface area contributed by atoms with Gasteiger partial charge >= 0.3 is 0 Å². The van der Waals surface area contributed by atoms with E-state index in [0.29, 0.717) is 12.1 Å². The van der Waals surface area contributed by atoms with Crippen LogP contribution >= 0.6 is 11.9 Å². The summed E-state index contributed by atoms with van der Waals surface area (Å²) in [6.45, 7) is 5.82. The third-order valence-corrected chi connectivity index (χ3v) is 8.53. The molecular weight excluding hydrogens is 470 g/mol. The fraction of sp³-hybridized carbons (Fsp3) is 0.296. The second-order valence-corrected chi connectivity index (χ2v) is 10.6. The molecule has 6 heterocycles. The largest absolute Gasteiger partial charge is 0.492 e. The number of anilines is 1. The van der Waals surface area contributed by atoms with Gasteiger partial charge in [-0.25, -0.2) is 13.8 Å². The Kier molecular flexibility index (Phi) is 5.14. The topological polar surface area (TPSA) is 74.3 Å². The smallest absolute Gasteiger partial charge is 0.178 e. The van der Waals surface area contributed by atoms with E-state index in [0.717, 1.165) is 52.3 Å². The number of hydrogen-bond donors (Lipinski definition) is 1. The van der Waals surface area contributed by atoms with Crippen LogP contribution in [0.1, 0.15) is 19.8 Å². The molecule has 2 fully saturated rings. The lowest BCUT2D eigenvalue weighted by Crippen LogP contribution is -2.39. The van der Waals surface area contributed by atoms with Gasteiger partial charge in [-0.15, -0.1) is 5.10 Å². The zero-order valence-electron chi connectivity index (χ0n) is 20.1. The fourth-order valence-electron chi connectivity index (χ4n) is 5.27. The van der Waals surface area contributed by atoms with Crippen molar-refractivity contribution in [3.8, 4) is 16.9 Å². The van der Waals surface area contributed by atoms with E-state index >= 15 is 0 Å². The van der Waals surface area contributed by atoms with Gasteiger partial charge in [-0.1, -0.05) is 18.2 Å². The highest BCUT2D eigenvalue weighted by Gasteiger charge is 2.53. The van der Waals surface area contributed by atoms with E-state index < -0.39 is 0 Å².